The highest BCUT2D eigenvalue weighted by atomic mass is 15.5. The average Bonchev–Trinajstić information content (AvgIpc) is 2.53. The molecule has 94 valence electrons. The first-order chi connectivity index (χ1) is 9.81. The monoisotopic (exact) mass is 258 g/mol. The van der Waals surface area contributed by atoms with Gasteiger partial charge in [-0.25, -0.2) is 0 Å². The van der Waals surface area contributed by atoms with Crippen molar-refractivity contribution in [2.24, 2.45) is 5.10 Å². The van der Waals surface area contributed by atoms with E-state index in [1.807, 2.05) is 47.6 Å². The lowest BCUT2D eigenvalue weighted by atomic mass is 10.1. The van der Waals surface area contributed by atoms with Gasteiger partial charge < -0.3 is 0 Å². The van der Waals surface area contributed by atoms with Crippen molar-refractivity contribution in [3.63, 3.8) is 0 Å². The predicted molar refractivity (Wildman–Crippen MR) is 76.1 cm³/mol. The van der Waals surface area contributed by atoms with E-state index in [1.54, 1.807) is 12.1 Å². The van der Waals surface area contributed by atoms with E-state index < -0.39 is 0 Å². The molecule has 3 rings (SSSR count). The van der Waals surface area contributed by atoms with Crippen molar-refractivity contribution < 1.29 is 0 Å². The van der Waals surface area contributed by atoms with E-state index in [-0.39, 0.29) is 0 Å². The SMILES string of the molecule is N#Cc1ccc(N2Cc3ccccc3C=N2)cc1C#N. The summed E-state index contributed by atoms with van der Waals surface area (Å²) >= 11 is 0. The van der Waals surface area contributed by atoms with Gasteiger partial charge in [0.05, 0.1) is 29.6 Å². The van der Waals surface area contributed by atoms with Gasteiger partial charge in [0.15, 0.2) is 0 Å². The van der Waals surface area contributed by atoms with E-state index >= 15 is 0 Å². The molecule has 1 aliphatic rings. The Balaban J connectivity index is 1.97. The van der Waals surface area contributed by atoms with Crippen LogP contribution in [0.3, 0.4) is 0 Å². The Morgan fingerprint density at radius 2 is 1.80 bits per heavy atom. The molecule has 0 unspecified atom stereocenters. The third-order valence-electron chi connectivity index (χ3n) is 3.25. The summed E-state index contributed by atoms with van der Waals surface area (Å²) in [6.45, 7) is 0.656. The van der Waals surface area contributed by atoms with E-state index in [2.05, 4.69) is 11.2 Å². The van der Waals surface area contributed by atoms with E-state index in [4.69, 9.17) is 10.5 Å². The van der Waals surface area contributed by atoms with Crippen molar-refractivity contribution in [3.8, 4) is 12.1 Å². The lowest BCUT2D eigenvalue weighted by Crippen LogP contribution is -2.21. The first kappa shape index (κ1) is 12.0. The van der Waals surface area contributed by atoms with Gasteiger partial charge in [-0.1, -0.05) is 24.3 Å². The fourth-order valence-electron chi connectivity index (χ4n) is 2.18. The maximum atomic E-state index is 9.07. The van der Waals surface area contributed by atoms with E-state index in [0.717, 1.165) is 11.3 Å². The molecule has 0 amide bonds. The minimum atomic E-state index is 0.374. The Kier molecular flexibility index (Phi) is 2.91. The molecular formula is C16H10N4. The lowest BCUT2D eigenvalue weighted by Gasteiger charge is -2.24. The quantitative estimate of drug-likeness (QED) is 0.790. The van der Waals surface area contributed by atoms with Crippen LogP contribution in [0.2, 0.25) is 0 Å². The Bertz CT molecular complexity index is 778. The molecule has 0 saturated heterocycles. The Morgan fingerprint density at radius 1 is 1.00 bits per heavy atom. The van der Waals surface area contributed by atoms with Crippen LogP contribution in [0.4, 0.5) is 5.69 Å². The zero-order valence-electron chi connectivity index (χ0n) is 10.6. The van der Waals surface area contributed by atoms with Crippen molar-refractivity contribution in [2.45, 2.75) is 6.54 Å². The molecule has 0 aromatic heterocycles. The van der Waals surface area contributed by atoms with Crippen LogP contribution >= 0.6 is 0 Å². The first-order valence-electron chi connectivity index (χ1n) is 6.15. The second-order valence-electron chi connectivity index (χ2n) is 4.45. The van der Waals surface area contributed by atoms with E-state index in [9.17, 15) is 0 Å². The molecule has 4 heteroatoms. The molecule has 0 spiro atoms. The predicted octanol–water partition coefficient (Wildman–Crippen LogP) is 2.78. The van der Waals surface area contributed by atoms with E-state index in [1.165, 1.54) is 5.56 Å². The average molecular weight is 258 g/mol. The summed E-state index contributed by atoms with van der Waals surface area (Å²) < 4.78 is 0. The van der Waals surface area contributed by atoms with Crippen LogP contribution < -0.4 is 5.01 Å². The Labute approximate surface area is 116 Å². The number of anilines is 1. The molecule has 2 aromatic carbocycles. The van der Waals surface area contributed by atoms with Gasteiger partial charge in [0.1, 0.15) is 12.1 Å². The maximum absolute atomic E-state index is 9.07. The van der Waals surface area contributed by atoms with Gasteiger partial charge in [0, 0.05) is 0 Å². The third kappa shape index (κ3) is 2.00. The summed E-state index contributed by atoms with van der Waals surface area (Å²) in [6, 6.07) is 17.3. The molecule has 0 aliphatic carbocycles. The molecule has 0 radical (unpaired) electrons. The molecule has 0 atom stereocenters. The summed E-state index contributed by atoms with van der Waals surface area (Å²) in [5, 5.41) is 24.2. The zero-order valence-corrected chi connectivity index (χ0v) is 10.6. The van der Waals surface area contributed by atoms with Gasteiger partial charge in [-0.2, -0.15) is 15.6 Å². The van der Waals surface area contributed by atoms with Crippen LogP contribution in [0.15, 0.2) is 47.6 Å². The second-order valence-corrected chi connectivity index (χ2v) is 4.45. The van der Waals surface area contributed by atoms with Crippen LogP contribution in [-0.4, -0.2) is 6.21 Å². The Hall–Kier alpha value is -3.11. The maximum Gasteiger partial charge on any atom is 0.101 e. The molecule has 2 aromatic rings. The highest BCUT2D eigenvalue weighted by Crippen LogP contribution is 2.24. The molecular weight excluding hydrogens is 248 g/mol. The number of rotatable bonds is 1. The number of benzene rings is 2. The summed E-state index contributed by atoms with van der Waals surface area (Å²) in [7, 11) is 0. The smallest absolute Gasteiger partial charge is 0.101 e. The molecule has 1 aliphatic heterocycles. The van der Waals surface area contributed by atoms with Crippen molar-refractivity contribution in [3.05, 3.63) is 64.7 Å². The zero-order chi connectivity index (χ0) is 13.9. The van der Waals surface area contributed by atoms with Gasteiger partial charge in [-0.3, -0.25) is 5.01 Å². The summed E-state index contributed by atoms with van der Waals surface area (Å²) in [4.78, 5) is 0. The van der Waals surface area contributed by atoms with Crippen molar-refractivity contribution >= 4 is 11.9 Å². The highest BCUT2D eigenvalue weighted by molar-refractivity contribution is 5.84. The number of fused-ring (bicyclic) bond motifs is 1. The minimum Gasteiger partial charge on any atom is -0.261 e. The first-order valence-corrected chi connectivity index (χ1v) is 6.15. The van der Waals surface area contributed by atoms with Crippen molar-refractivity contribution in [2.75, 3.05) is 5.01 Å². The number of nitriles is 2. The van der Waals surface area contributed by atoms with Gasteiger partial charge in [-0.05, 0) is 29.3 Å². The summed E-state index contributed by atoms with van der Waals surface area (Å²) in [5.41, 5.74) is 3.87. The fourth-order valence-corrected chi connectivity index (χ4v) is 2.18. The normalized spacial score (nSPS) is 12.4. The molecule has 20 heavy (non-hydrogen) atoms. The van der Waals surface area contributed by atoms with Gasteiger partial charge in [0.2, 0.25) is 0 Å². The van der Waals surface area contributed by atoms with Crippen molar-refractivity contribution in [1.82, 2.24) is 0 Å². The lowest BCUT2D eigenvalue weighted by molar-refractivity contribution is 0.843. The highest BCUT2D eigenvalue weighted by Gasteiger charge is 2.14. The molecule has 0 bridgehead atoms. The molecule has 0 saturated carbocycles. The fraction of sp³-hybridized carbons (Fsp3) is 0.0625. The van der Waals surface area contributed by atoms with Gasteiger partial charge >= 0.3 is 0 Å². The number of hydrogen-bond acceptors (Lipinski definition) is 4. The van der Waals surface area contributed by atoms with Crippen LogP contribution in [0, 0.1) is 22.7 Å². The summed E-state index contributed by atoms with van der Waals surface area (Å²) in [6.07, 6.45) is 1.81. The molecule has 1 heterocycles. The Morgan fingerprint density at radius 3 is 2.60 bits per heavy atom. The number of hydrogen-bond donors (Lipinski definition) is 0. The molecule has 4 nitrogen and oxygen atoms in total. The third-order valence-corrected chi connectivity index (χ3v) is 3.25. The topological polar surface area (TPSA) is 63.2 Å². The van der Waals surface area contributed by atoms with E-state index in [0.29, 0.717) is 17.7 Å². The van der Waals surface area contributed by atoms with Gasteiger partial charge in [-0.15, -0.1) is 0 Å². The van der Waals surface area contributed by atoms with Crippen LogP contribution in [0.1, 0.15) is 22.3 Å². The molecule has 0 N–H and O–H groups in total. The minimum absolute atomic E-state index is 0.374. The standard InChI is InChI=1S/C16H10N4/c17-8-12-5-6-16(7-15(12)9-18)20-11-14-4-2-1-3-13(14)10-19-20/h1-7,10H,11H2. The van der Waals surface area contributed by atoms with Crippen LogP contribution in [-0.2, 0) is 6.54 Å². The van der Waals surface area contributed by atoms with Crippen LogP contribution in [0.25, 0.3) is 0 Å². The van der Waals surface area contributed by atoms with Gasteiger partial charge in [0.25, 0.3) is 0 Å². The summed E-state index contributed by atoms with van der Waals surface area (Å²) in [5.74, 6) is 0. The number of hydrazone groups is 1. The molecule has 0 fully saturated rings. The van der Waals surface area contributed by atoms with Crippen molar-refractivity contribution in [1.29, 1.82) is 10.5 Å². The second kappa shape index (κ2) is 4.87. The largest absolute Gasteiger partial charge is 0.261 e. The number of nitrogens with zero attached hydrogens (tertiary/aromatic N) is 4. The van der Waals surface area contributed by atoms with Crippen LogP contribution in [0.5, 0.6) is 0 Å².